The number of rotatable bonds is 2. The Morgan fingerprint density at radius 1 is 1.82 bits per heavy atom. The first kappa shape index (κ1) is 8.00. The summed E-state index contributed by atoms with van der Waals surface area (Å²) in [4.78, 5) is 14.4. The molecule has 0 spiro atoms. The quantitative estimate of drug-likeness (QED) is 0.800. The first-order chi connectivity index (χ1) is 5.25. The highest BCUT2D eigenvalue weighted by Gasteiger charge is 1.96. The maximum atomic E-state index is 10.8. The van der Waals surface area contributed by atoms with Gasteiger partial charge in [-0.3, -0.25) is 0 Å². The van der Waals surface area contributed by atoms with Gasteiger partial charge in [-0.25, -0.2) is 13.4 Å². The van der Waals surface area contributed by atoms with Crippen LogP contribution in [0.5, 0.6) is 0 Å². The maximum Gasteiger partial charge on any atom is 0.359 e. The minimum Gasteiger partial charge on any atom is -0.348 e. The Morgan fingerprint density at radius 2 is 2.55 bits per heavy atom. The molecule has 0 atom stereocenters. The molecular formula is C6H6BrN3O. The lowest BCUT2D eigenvalue weighted by molar-refractivity contribution is 1.04. The standard InChI is InChI=1S/C6H6BrN3O/c1-2-8-5-3-4-9-6(11)10(5)7/h2-4,8H,1H2. The van der Waals surface area contributed by atoms with Gasteiger partial charge in [0.2, 0.25) is 0 Å². The first-order valence-electron chi connectivity index (χ1n) is 2.87. The Morgan fingerprint density at radius 3 is 3.18 bits per heavy atom. The largest absolute Gasteiger partial charge is 0.359 e. The molecule has 5 heteroatoms. The van der Waals surface area contributed by atoms with Crippen molar-refractivity contribution in [2.75, 3.05) is 5.32 Å². The van der Waals surface area contributed by atoms with Crippen LogP contribution in [-0.2, 0) is 0 Å². The van der Waals surface area contributed by atoms with Crippen molar-refractivity contribution in [2.45, 2.75) is 0 Å². The van der Waals surface area contributed by atoms with Crippen molar-refractivity contribution < 1.29 is 0 Å². The molecule has 1 N–H and O–H groups in total. The second-order valence-electron chi connectivity index (χ2n) is 1.74. The third kappa shape index (κ3) is 1.68. The first-order valence-corrected chi connectivity index (χ1v) is 3.58. The maximum absolute atomic E-state index is 10.8. The Labute approximate surface area is 71.9 Å². The number of aromatic nitrogens is 2. The predicted octanol–water partition coefficient (Wildman–Crippen LogP) is 0.957. The minimum absolute atomic E-state index is 0.364. The van der Waals surface area contributed by atoms with Gasteiger partial charge in [-0.15, -0.1) is 0 Å². The van der Waals surface area contributed by atoms with E-state index in [2.05, 4.69) is 33.0 Å². The molecule has 1 rings (SSSR count). The smallest absolute Gasteiger partial charge is 0.348 e. The van der Waals surface area contributed by atoms with E-state index in [1.54, 1.807) is 6.07 Å². The lowest BCUT2D eigenvalue weighted by Gasteiger charge is -2.01. The van der Waals surface area contributed by atoms with Crippen LogP contribution >= 0.6 is 16.1 Å². The Kier molecular flexibility index (Phi) is 2.43. The van der Waals surface area contributed by atoms with Crippen LogP contribution in [0.25, 0.3) is 0 Å². The molecule has 1 heterocycles. The van der Waals surface area contributed by atoms with Crippen molar-refractivity contribution in [3.05, 3.63) is 35.5 Å². The molecule has 0 bridgehead atoms. The SMILES string of the molecule is C=CNc1ccnc(=O)n1Br. The van der Waals surface area contributed by atoms with Gasteiger partial charge in [-0.1, -0.05) is 6.58 Å². The number of hydrogen-bond acceptors (Lipinski definition) is 3. The summed E-state index contributed by atoms with van der Waals surface area (Å²) in [5, 5.41) is 2.76. The number of halogens is 1. The Hall–Kier alpha value is -1.10. The van der Waals surface area contributed by atoms with Crippen LogP contribution in [0.1, 0.15) is 0 Å². The predicted molar refractivity (Wildman–Crippen MR) is 46.6 cm³/mol. The molecular weight excluding hydrogens is 210 g/mol. The van der Waals surface area contributed by atoms with Gasteiger partial charge in [0.25, 0.3) is 0 Å². The van der Waals surface area contributed by atoms with Crippen LogP contribution in [0, 0.1) is 0 Å². The molecule has 0 aliphatic heterocycles. The Balaban J connectivity index is 3.16. The molecule has 0 aromatic carbocycles. The molecule has 0 fully saturated rings. The topological polar surface area (TPSA) is 46.9 Å². The van der Waals surface area contributed by atoms with E-state index < -0.39 is 0 Å². The summed E-state index contributed by atoms with van der Waals surface area (Å²) in [5.74, 6) is 0.597. The van der Waals surface area contributed by atoms with E-state index in [1.165, 1.54) is 16.0 Å². The Bertz CT molecular complexity index is 320. The number of hydrogen-bond donors (Lipinski definition) is 1. The zero-order valence-corrected chi connectivity index (χ0v) is 7.21. The van der Waals surface area contributed by atoms with Gasteiger partial charge in [0.15, 0.2) is 0 Å². The summed E-state index contributed by atoms with van der Waals surface area (Å²) in [6, 6.07) is 1.65. The van der Waals surface area contributed by atoms with Gasteiger partial charge in [0.1, 0.15) is 5.82 Å². The monoisotopic (exact) mass is 215 g/mol. The molecule has 0 aliphatic rings. The van der Waals surface area contributed by atoms with Gasteiger partial charge in [0, 0.05) is 6.20 Å². The summed E-state index contributed by atoms with van der Waals surface area (Å²) < 4.78 is 1.22. The van der Waals surface area contributed by atoms with E-state index >= 15 is 0 Å². The normalized spacial score (nSPS) is 9.18. The fraction of sp³-hybridized carbons (Fsp3) is 0. The van der Waals surface area contributed by atoms with E-state index in [0.29, 0.717) is 5.82 Å². The number of anilines is 1. The molecule has 4 nitrogen and oxygen atoms in total. The van der Waals surface area contributed by atoms with Crippen molar-refractivity contribution in [2.24, 2.45) is 0 Å². The number of nitrogens with zero attached hydrogens (tertiary/aromatic N) is 2. The molecule has 0 radical (unpaired) electrons. The third-order valence-corrected chi connectivity index (χ3v) is 1.73. The molecule has 0 amide bonds. The lowest BCUT2D eigenvalue weighted by Crippen LogP contribution is -2.17. The minimum atomic E-state index is -0.364. The van der Waals surface area contributed by atoms with Crippen LogP contribution in [0.4, 0.5) is 5.82 Å². The van der Waals surface area contributed by atoms with E-state index in [9.17, 15) is 4.79 Å². The van der Waals surface area contributed by atoms with E-state index in [1.807, 2.05) is 0 Å². The molecule has 0 aliphatic carbocycles. The molecule has 0 saturated heterocycles. The van der Waals surface area contributed by atoms with E-state index in [4.69, 9.17) is 0 Å². The van der Waals surface area contributed by atoms with Crippen LogP contribution < -0.4 is 11.0 Å². The van der Waals surface area contributed by atoms with Crippen molar-refractivity contribution >= 4 is 22.0 Å². The molecule has 1 aromatic rings. The van der Waals surface area contributed by atoms with Gasteiger partial charge >= 0.3 is 5.69 Å². The highest BCUT2D eigenvalue weighted by molar-refractivity contribution is 9.08. The van der Waals surface area contributed by atoms with Gasteiger partial charge in [-0.2, -0.15) is 0 Å². The van der Waals surface area contributed by atoms with Crippen LogP contribution in [0.3, 0.4) is 0 Å². The average Bonchev–Trinajstić information content (AvgIpc) is 1.99. The second-order valence-corrected chi connectivity index (χ2v) is 2.45. The summed E-state index contributed by atoms with van der Waals surface area (Å²) in [6.07, 6.45) is 2.90. The van der Waals surface area contributed by atoms with Crippen molar-refractivity contribution in [1.82, 2.24) is 8.58 Å². The second kappa shape index (κ2) is 3.34. The zero-order valence-electron chi connectivity index (χ0n) is 5.62. The summed E-state index contributed by atoms with van der Waals surface area (Å²) in [6.45, 7) is 3.46. The number of nitrogens with one attached hydrogen (secondary N) is 1. The summed E-state index contributed by atoms with van der Waals surface area (Å²) in [7, 11) is 0. The van der Waals surface area contributed by atoms with Crippen molar-refractivity contribution in [3.63, 3.8) is 0 Å². The third-order valence-electron chi connectivity index (χ3n) is 1.05. The summed E-state index contributed by atoms with van der Waals surface area (Å²) in [5.41, 5.74) is -0.364. The lowest BCUT2D eigenvalue weighted by atomic mass is 10.6. The van der Waals surface area contributed by atoms with Crippen LogP contribution in [-0.4, -0.2) is 8.58 Å². The van der Waals surface area contributed by atoms with Gasteiger partial charge < -0.3 is 5.32 Å². The highest BCUT2D eigenvalue weighted by atomic mass is 79.9. The van der Waals surface area contributed by atoms with Gasteiger partial charge in [-0.05, 0) is 12.3 Å². The molecule has 0 unspecified atom stereocenters. The van der Waals surface area contributed by atoms with E-state index in [-0.39, 0.29) is 5.69 Å². The summed E-state index contributed by atoms with van der Waals surface area (Å²) >= 11 is 3.01. The van der Waals surface area contributed by atoms with Crippen LogP contribution in [0.2, 0.25) is 0 Å². The molecule has 11 heavy (non-hydrogen) atoms. The fourth-order valence-corrected chi connectivity index (χ4v) is 0.912. The zero-order chi connectivity index (χ0) is 8.27. The van der Waals surface area contributed by atoms with E-state index in [0.717, 1.165) is 0 Å². The highest BCUT2D eigenvalue weighted by Crippen LogP contribution is 2.04. The van der Waals surface area contributed by atoms with Crippen LogP contribution in [0.15, 0.2) is 29.8 Å². The average molecular weight is 216 g/mol. The molecule has 1 aromatic heterocycles. The molecule has 0 saturated carbocycles. The van der Waals surface area contributed by atoms with Crippen molar-refractivity contribution in [3.8, 4) is 0 Å². The fourth-order valence-electron chi connectivity index (χ4n) is 0.600. The van der Waals surface area contributed by atoms with Gasteiger partial charge in [0.05, 0.1) is 16.1 Å². The van der Waals surface area contributed by atoms with Crippen molar-refractivity contribution in [1.29, 1.82) is 0 Å². The molecule has 58 valence electrons.